The van der Waals surface area contributed by atoms with E-state index in [1.54, 1.807) is 0 Å². The highest BCUT2D eigenvalue weighted by molar-refractivity contribution is 4.88. The SMILES string of the molecule is C=CCCCCCCCCCCCCCCCO[C@@H](CO)[C@@H]1OC[C@@H](O)[C@@H]1O. The van der Waals surface area contributed by atoms with Crippen molar-refractivity contribution < 1.29 is 24.8 Å². The minimum Gasteiger partial charge on any atom is -0.394 e. The van der Waals surface area contributed by atoms with Crippen molar-refractivity contribution in [3.63, 3.8) is 0 Å². The van der Waals surface area contributed by atoms with Gasteiger partial charge in [-0.2, -0.15) is 0 Å². The van der Waals surface area contributed by atoms with Gasteiger partial charge in [0.05, 0.1) is 13.2 Å². The lowest BCUT2D eigenvalue weighted by atomic mass is 10.0. The van der Waals surface area contributed by atoms with Gasteiger partial charge in [-0.05, 0) is 19.3 Å². The van der Waals surface area contributed by atoms with E-state index in [9.17, 15) is 15.3 Å². The van der Waals surface area contributed by atoms with Crippen LogP contribution in [0.15, 0.2) is 12.7 Å². The fraction of sp³-hybridized carbons (Fsp3) is 0.913. The standard InChI is InChI=1S/C23H44O5/c1-2-3-4-5-6-7-8-9-10-11-12-13-14-15-16-17-27-21(18-24)23-22(26)20(25)19-28-23/h2,20-26H,1,3-19H2/t20-,21+,22+,23+/m1/s1. The fourth-order valence-electron chi connectivity index (χ4n) is 3.77. The Morgan fingerprint density at radius 3 is 1.79 bits per heavy atom. The first-order valence-corrected chi connectivity index (χ1v) is 11.5. The van der Waals surface area contributed by atoms with E-state index < -0.39 is 24.4 Å². The van der Waals surface area contributed by atoms with Gasteiger partial charge in [-0.15, -0.1) is 6.58 Å². The summed E-state index contributed by atoms with van der Waals surface area (Å²) in [6, 6.07) is 0. The van der Waals surface area contributed by atoms with Crippen LogP contribution in [0.3, 0.4) is 0 Å². The minimum atomic E-state index is -0.977. The van der Waals surface area contributed by atoms with Crippen molar-refractivity contribution in [2.24, 2.45) is 0 Å². The molecule has 1 saturated heterocycles. The summed E-state index contributed by atoms with van der Waals surface area (Å²) in [7, 11) is 0. The van der Waals surface area contributed by atoms with Crippen molar-refractivity contribution >= 4 is 0 Å². The molecule has 0 amide bonds. The predicted molar refractivity (Wildman–Crippen MR) is 113 cm³/mol. The van der Waals surface area contributed by atoms with Crippen LogP contribution < -0.4 is 0 Å². The van der Waals surface area contributed by atoms with E-state index in [-0.39, 0.29) is 13.2 Å². The van der Waals surface area contributed by atoms with Gasteiger partial charge in [0, 0.05) is 6.61 Å². The van der Waals surface area contributed by atoms with Gasteiger partial charge in [0.1, 0.15) is 24.4 Å². The van der Waals surface area contributed by atoms with Crippen molar-refractivity contribution in [2.45, 2.75) is 114 Å². The molecule has 0 bridgehead atoms. The zero-order valence-electron chi connectivity index (χ0n) is 17.8. The molecule has 1 rings (SSSR count). The van der Waals surface area contributed by atoms with E-state index in [1.165, 1.54) is 70.6 Å². The van der Waals surface area contributed by atoms with Crippen LogP contribution in [0.5, 0.6) is 0 Å². The maximum absolute atomic E-state index is 9.82. The number of aliphatic hydroxyl groups excluding tert-OH is 3. The highest BCUT2D eigenvalue weighted by Crippen LogP contribution is 2.20. The van der Waals surface area contributed by atoms with E-state index >= 15 is 0 Å². The Balaban J connectivity index is 1.83. The van der Waals surface area contributed by atoms with Gasteiger partial charge in [0.25, 0.3) is 0 Å². The van der Waals surface area contributed by atoms with E-state index in [2.05, 4.69) is 6.58 Å². The molecule has 1 aliphatic rings. The molecule has 0 spiro atoms. The molecule has 5 nitrogen and oxygen atoms in total. The molecular weight excluding hydrogens is 356 g/mol. The highest BCUT2D eigenvalue weighted by atomic mass is 16.6. The average Bonchev–Trinajstić information content (AvgIpc) is 3.03. The lowest BCUT2D eigenvalue weighted by molar-refractivity contribution is -0.101. The molecule has 0 radical (unpaired) electrons. The quantitative estimate of drug-likeness (QED) is 0.224. The first-order valence-electron chi connectivity index (χ1n) is 11.5. The normalized spacial score (nSPS) is 23.2. The molecule has 0 aromatic rings. The first-order chi connectivity index (χ1) is 13.7. The van der Waals surface area contributed by atoms with Crippen LogP contribution in [-0.2, 0) is 9.47 Å². The molecule has 1 aliphatic heterocycles. The zero-order valence-corrected chi connectivity index (χ0v) is 17.8. The largest absolute Gasteiger partial charge is 0.394 e. The monoisotopic (exact) mass is 400 g/mol. The maximum Gasteiger partial charge on any atom is 0.114 e. The van der Waals surface area contributed by atoms with Crippen LogP contribution in [-0.4, -0.2) is 59.6 Å². The second-order valence-electron chi connectivity index (χ2n) is 8.12. The van der Waals surface area contributed by atoms with Gasteiger partial charge < -0.3 is 24.8 Å². The summed E-state index contributed by atoms with van der Waals surface area (Å²) in [6.45, 7) is 4.21. The van der Waals surface area contributed by atoms with Crippen LogP contribution in [0.25, 0.3) is 0 Å². The topological polar surface area (TPSA) is 79.2 Å². The fourth-order valence-corrected chi connectivity index (χ4v) is 3.77. The van der Waals surface area contributed by atoms with Gasteiger partial charge in [-0.3, -0.25) is 0 Å². The molecule has 0 aromatic carbocycles. The van der Waals surface area contributed by atoms with Crippen LogP contribution in [0.4, 0.5) is 0 Å². The van der Waals surface area contributed by atoms with Gasteiger partial charge in [-0.25, -0.2) is 0 Å². The summed E-state index contributed by atoms with van der Waals surface area (Å²) in [5, 5.41) is 28.7. The zero-order chi connectivity index (χ0) is 20.5. The summed E-state index contributed by atoms with van der Waals surface area (Å²) < 4.78 is 11.0. The van der Waals surface area contributed by atoms with Gasteiger partial charge in [0.15, 0.2) is 0 Å². The van der Waals surface area contributed by atoms with Gasteiger partial charge in [0.2, 0.25) is 0 Å². The smallest absolute Gasteiger partial charge is 0.114 e. The number of unbranched alkanes of at least 4 members (excludes halogenated alkanes) is 13. The van der Waals surface area contributed by atoms with Crippen molar-refractivity contribution in [1.29, 1.82) is 0 Å². The summed E-state index contributed by atoms with van der Waals surface area (Å²) in [6.07, 6.45) is 16.9. The summed E-state index contributed by atoms with van der Waals surface area (Å²) in [4.78, 5) is 0. The second kappa shape index (κ2) is 17.4. The molecule has 4 atom stereocenters. The number of hydrogen-bond donors (Lipinski definition) is 3. The molecule has 3 N–H and O–H groups in total. The molecule has 0 unspecified atom stereocenters. The Bertz CT molecular complexity index is 363. The third kappa shape index (κ3) is 11.5. The van der Waals surface area contributed by atoms with E-state index in [0.717, 1.165) is 19.3 Å². The molecule has 1 fully saturated rings. The number of rotatable bonds is 19. The molecule has 1 heterocycles. The van der Waals surface area contributed by atoms with Crippen LogP contribution in [0.1, 0.15) is 89.9 Å². The summed E-state index contributed by atoms with van der Waals surface area (Å²) in [5.74, 6) is 0. The lowest BCUT2D eigenvalue weighted by Crippen LogP contribution is -2.42. The Morgan fingerprint density at radius 2 is 1.36 bits per heavy atom. The summed E-state index contributed by atoms with van der Waals surface area (Å²) in [5.41, 5.74) is 0. The number of aliphatic hydroxyl groups is 3. The van der Waals surface area contributed by atoms with E-state index in [4.69, 9.17) is 9.47 Å². The number of hydrogen-bond acceptors (Lipinski definition) is 5. The lowest BCUT2D eigenvalue weighted by Gasteiger charge is -2.24. The predicted octanol–water partition coefficient (Wildman–Crippen LogP) is 4.13. The Kier molecular flexibility index (Phi) is 15.9. The maximum atomic E-state index is 9.82. The Morgan fingerprint density at radius 1 is 0.857 bits per heavy atom. The number of allylic oxidation sites excluding steroid dienone is 1. The van der Waals surface area contributed by atoms with Crippen LogP contribution in [0, 0.1) is 0 Å². The van der Waals surface area contributed by atoms with E-state index in [0.29, 0.717) is 6.61 Å². The third-order valence-corrected chi connectivity index (χ3v) is 5.62. The second-order valence-corrected chi connectivity index (χ2v) is 8.12. The molecule has 0 aromatic heterocycles. The van der Waals surface area contributed by atoms with Crippen molar-refractivity contribution in [3.8, 4) is 0 Å². The van der Waals surface area contributed by atoms with Gasteiger partial charge in [-0.1, -0.05) is 76.7 Å². The van der Waals surface area contributed by atoms with Gasteiger partial charge >= 0.3 is 0 Å². The van der Waals surface area contributed by atoms with E-state index in [1.807, 2.05) is 6.08 Å². The van der Waals surface area contributed by atoms with Crippen LogP contribution in [0.2, 0.25) is 0 Å². The molecule has 0 aliphatic carbocycles. The average molecular weight is 401 g/mol. The van der Waals surface area contributed by atoms with Crippen molar-refractivity contribution in [2.75, 3.05) is 19.8 Å². The van der Waals surface area contributed by atoms with Crippen molar-refractivity contribution in [1.82, 2.24) is 0 Å². The minimum absolute atomic E-state index is 0.0986. The first kappa shape index (κ1) is 25.6. The summed E-state index contributed by atoms with van der Waals surface area (Å²) >= 11 is 0. The van der Waals surface area contributed by atoms with Crippen LogP contribution >= 0.6 is 0 Å². The van der Waals surface area contributed by atoms with Crippen molar-refractivity contribution in [3.05, 3.63) is 12.7 Å². The molecule has 28 heavy (non-hydrogen) atoms. The number of ether oxygens (including phenoxy) is 2. The molecule has 0 saturated carbocycles. The molecular formula is C23H44O5. The Hall–Kier alpha value is -0.460. The Labute approximate surface area is 172 Å². The highest BCUT2D eigenvalue weighted by Gasteiger charge is 2.40. The molecule has 166 valence electrons. The molecule has 5 heteroatoms. The third-order valence-electron chi connectivity index (χ3n) is 5.62.